The van der Waals surface area contributed by atoms with Crippen molar-refractivity contribution in [2.24, 2.45) is 0 Å². The molecule has 1 atom stereocenters. The van der Waals surface area contributed by atoms with Gasteiger partial charge in [0.1, 0.15) is 6.10 Å². The highest BCUT2D eigenvalue weighted by atomic mass is 32.2. The number of aryl methyl sites for hydroxylation is 2. The van der Waals surface area contributed by atoms with Crippen LogP contribution in [0.1, 0.15) is 23.4 Å². The van der Waals surface area contributed by atoms with E-state index in [0.717, 1.165) is 17.0 Å². The molecule has 0 radical (unpaired) electrons. The molecule has 0 bridgehead atoms. The Labute approximate surface area is 142 Å². The standard InChI is InChI=1S/C17H21N3O3S/c1-13-10-14(2)19-17(18-13)23-16-8-9-20(11-16)24(21,22)12-15-6-4-3-5-7-15/h3-7,10,16H,8-9,11-12H2,1-2H3/t16-/m0/s1. The molecule has 0 unspecified atom stereocenters. The minimum absolute atomic E-state index is 0.0145. The zero-order chi connectivity index (χ0) is 17.2. The molecule has 1 aliphatic heterocycles. The highest BCUT2D eigenvalue weighted by Gasteiger charge is 2.33. The summed E-state index contributed by atoms with van der Waals surface area (Å²) in [6, 6.07) is 11.4. The van der Waals surface area contributed by atoms with Gasteiger partial charge < -0.3 is 4.74 Å². The minimum atomic E-state index is -3.34. The Hall–Kier alpha value is -1.99. The predicted octanol–water partition coefficient (Wildman–Crippen LogP) is 2.08. The second kappa shape index (κ2) is 6.86. The van der Waals surface area contributed by atoms with Gasteiger partial charge in [-0.1, -0.05) is 30.3 Å². The van der Waals surface area contributed by atoms with Crippen LogP contribution >= 0.6 is 0 Å². The summed E-state index contributed by atoms with van der Waals surface area (Å²) in [6.45, 7) is 4.57. The lowest BCUT2D eigenvalue weighted by Crippen LogP contribution is -2.32. The van der Waals surface area contributed by atoms with Crippen LogP contribution in [-0.2, 0) is 15.8 Å². The Morgan fingerprint density at radius 2 is 1.83 bits per heavy atom. The van der Waals surface area contributed by atoms with Crippen LogP contribution < -0.4 is 4.74 Å². The van der Waals surface area contributed by atoms with E-state index in [4.69, 9.17) is 4.74 Å². The van der Waals surface area contributed by atoms with Crippen molar-refractivity contribution in [3.8, 4) is 6.01 Å². The molecule has 1 aliphatic rings. The maximum atomic E-state index is 12.5. The number of ether oxygens (including phenoxy) is 1. The quantitative estimate of drug-likeness (QED) is 0.828. The highest BCUT2D eigenvalue weighted by Crippen LogP contribution is 2.21. The van der Waals surface area contributed by atoms with Crippen LogP contribution in [0.2, 0.25) is 0 Å². The van der Waals surface area contributed by atoms with Gasteiger partial charge in [-0.25, -0.2) is 18.4 Å². The third-order valence-electron chi connectivity index (χ3n) is 3.93. The molecule has 2 aromatic rings. The van der Waals surface area contributed by atoms with E-state index < -0.39 is 10.0 Å². The van der Waals surface area contributed by atoms with Gasteiger partial charge in [-0.3, -0.25) is 0 Å². The number of nitrogens with zero attached hydrogens (tertiary/aromatic N) is 3. The third kappa shape index (κ3) is 4.10. The van der Waals surface area contributed by atoms with Gasteiger partial charge in [0.25, 0.3) is 0 Å². The Balaban J connectivity index is 1.64. The largest absolute Gasteiger partial charge is 0.459 e. The third-order valence-corrected chi connectivity index (χ3v) is 5.74. The lowest BCUT2D eigenvalue weighted by molar-refractivity contribution is 0.197. The summed E-state index contributed by atoms with van der Waals surface area (Å²) >= 11 is 0. The molecule has 128 valence electrons. The fraction of sp³-hybridized carbons (Fsp3) is 0.412. The van der Waals surface area contributed by atoms with Gasteiger partial charge in [-0.05, 0) is 31.9 Å². The first-order valence-electron chi connectivity index (χ1n) is 7.93. The van der Waals surface area contributed by atoms with Gasteiger partial charge in [0.05, 0.1) is 12.3 Å². The van der Waals surface area contributed by atoms with Crippen LogP contribution in [0.5, 0.6) is 6.01 Å². The molecule has 6 nitrogen and oxygen atoms in total. The van der Waals surface area contributed by atoms with Crippen molar-refractivity contribution in [3.05, 3.63) is 53.3 Å². The average Bonchev–Trinajstić information content (AvgIpc) is 2.96. The minimum Gasteiger partial charge on any atom is -0.459 e. The highest BCUT2D eigenvalue weighted by molar-refractivity contribution is 7.88. The SMILES string of the molecule is Cc1cc(C)nc(O[C@H]2CCN(S(=O)(=O)Cc3ccccc3)C2)n1. The summed E-state index contributed by atoms with van der Waals surface area (Å²) in [5.41, 5.74) is 2.47. The fourth-order valence-electron chi connectivity index (χ4n) is 2.82. The second-order valence-corrected chi connectivity index (χ2v) is 8.03. The van der Waals surface area contributed by atoms with Crippen LogP contribution in [0.3, 0.4) is 0 Å². The first kappa shape index (κ1) is 16.9. The molecule has 0 N–H and O–H groups in total. The second-order valence-electron chi connectivity index (χ2n) is 6.06. The van der Waals surface area contributed by atoms with Crippen LogP contribution in [0.4, 0.5) is 0 Å². The van der Waals surface area contributed by atoms with Crippen molar-refractivity contribution in [1.82, 2.24) is 14.3 Å². The fourth-order valence-corrected chi connectivity index (χ4v) is 4.39. The molecule has 24 heavy (non-hydrogen) atoms. The van der Waals surface area contributed by atoms with Crippen LogP contribution in [0.15, 0.2) is 36.4 Å². The zero-order valence-corrected chi connectivity index (χ0v) is 14.7. The summed E-state index contributed by atoms with van der Waals surface area (Å²) in [5, 5.41) is 0. The predicted molar refractivity (Wildman–Crippen MR) is 91.2 cm³/mol. The molecule has 0 saturated carbocycles. The summed E-state index contributed by atoms with van der Waals surface area (Å²) in [4.78, 5) is 8.50. The Morgan fingerprint density at radius 3 is 2.50 bits per heavy atom. The topological polar surface area (TPSA) is 72.4 Å². The van der Waals surface area contributed by atoms with E-state index in [9.17, 15) is 8.42 Å². The number of benzene rings is 1. The van der Waals surface area contributed by atoms with Gasteiger partial charge in [0, 0.05) is 17.9 Å². The van der Waals surface area contributed by atoms with E-state index in [1.165, 1.54) is 4.31 Å². The van der Waals surface area contributed by atoms with Crippen molar-refractivity contribution in [2.75, 3.05) is 13.1 Å². The Kier molecular flexibility index (Phi) is 4.82. The maximum absolute atomic E-state index is 12.5. The number of hydrogen-bond acceptors (Lipinski definition) is 5. The summed E-state index contributed by atoms with van der Waals surface area (Å²) in [6.07, 6.45) is 0.432. The van der Waals surface area contributed by atoms with Gasteiger partial charge >= 0.3 is 6.01 Å². The molecular weight excluding hydrogens is 326 g/mol. The van der Waals surface area contributed by atoms with Gasteiger partial charge in [0.15, 0.2) is 0 Å². The lowest BCUT2D eigenvalue weighted by Gasteiger charge is -2.17. The monoisotopic (exact) mass is 347 g/mol. The average molecular weight is 347 g/mol. The van der Waals surface area contributed by atoms with Crippen LogP contribution in [0.25, 0.3) is 0 Å². The lowest BCUT2D eigenvalue weighted by atomic mass is 10.2. The Bertz CT molecular complexity index is 789. The first-order valence-corrected chi connectivity index (χ1v) is 9.54. The molecular formula is C17H21N3O3S. The van der Waals surface area contributed by atoms with Crippen molar-refractivity contribution in [2.45, 2.75) is 32.1 Å². The molecule has 1 saturated heterocycles. The smallest absolute Gasteiger partial charge is 0.317 e. The van der Waals surface area contributed by atoms with Gasteiger partial charge in [-0.2, -0.15) is 4.31 Å². The normalized spacial score (nSPS) is 18.7. The van der Waals surface area contributed by atoms with Crippen LogP contribution in [-0.4, -0.2) is 41.9 Å². The molecule has 7 heteroatoms. The van der Waals surface area contributed by atoms with Gasteiger partial charge in [0.2, 0.25) is 10.0 Å². The molecule has 2 heterocycles. The van der Waals surface area contributed by atoms with Gasteiger partial charge in [-0.15, -0.1) is 0 Å². The maximum Gasteiger partial charge on any atom is 0.317 e. The van der Waals surface area contributed by atoms with E-state index in [2.05, 4.69) is 9.97 Å². The van der Waals surface area contributed by atoms with Crippen molar-refractivity contribution in [1.29, 1.82) is 0 Å². The van der Waals surface area contributed by atoms with Crippen molar-refractivity contribution < 1.29 is 13.2 Å². The number of hydrogen-bond donors (Lipinski definition) is 0. The zero-order valence-electron chi connectivity index (χ0n) is 13.8. The van der Waals surface area contributed by atoms with Crippen LogP contribution in [0, 0.1) is 13.8 Å². The molecule has 0 spiro atoms. The molecule has 1 aromatic carbocycles. The first-order chi connectivity index (χ1) is 11.4. The Morgan fingerprint density at radius 1 is 1.17 bits per heavy atom. The van der Waals surface area contributed by atoms with E-state index in [-0.39, 0.29) is 11.9 Å². The van der Waals surface area contributed by atoms with Crippen molar-refractivity contribution in [3.63, 3.8) is 0 Å². The number of sulfonamides is 1. The molecule has 1 aromatic heterocycles. The van der Waals surface area contributed by atoms with E-state index in [1.54, 1.807) is 0 Å². The van der Waals surface area contributed by atoms with E-state index in [1.807, 2.05) is 50.2 Å². The molecule has 1 fully saturated rings. The van der Waals surface area contributed by atoms with E-state index >= 15 is 0 Å². The van der Waals surface area contributed by atoms with Crippen molar-refractivity contribution >= 4 is 10.0 Å². The summed E-state index contributed by atoms with van der Waals surface area (Å²) in [5.74, 6) is 0.0145. The summed E-state index contributed by atoms with van der Waals surface area (Å²) in [7, 11) is -3.34. The van der Waals surface area contributed by atoms with E-state index in [0.29, 0.717) is 25.5 Å². The summed E-state index contributed by atoms with van der Waals surface area (Å²) < 4.78 is 32.4. The molecule has 0 aliphatic carbocycles. The molecule has 3 rings (SSSR count). The number of rotatable bonds is 5. The number of aromatic nitrogens is 2. The molecule has 0 amide bonds.